The second-order valence-electron chi connectivity index (χ2n) is 5.69. The molecule has 1 aromatic rings. The van der Waals surface area contributed by atoms with Crippen LogP contribution in [-0.2, 0) is 11.3 Å². The first kappa shape index (κ1) is 18.0. The van der Waals surface area contributed by atoms with Gasteiger partial charge in [0.25, 0.3) is 0 Å². The van der Waals surface area contributed by atoms with Gasteiger partial charge in [0.05, 0.1) is 15.6 Å². The second kappa shape index (κ2) is 8.37. The largest absolute Gasteiger partial charge is 0.491 e. The topological polar surface area (TPSA) is 30.5 Å². The fraction of sp³-hybridized carbons (Fsp3) is 0.600. The molecular formula is C15H23Br2NO2. The summed E-state index contributed by atoms with van der Waals surface area (Å²) in [4.78, 5) is 0. The highest BCUT2D eigenvalue weighted by Crippen LogP contribution is 2.35. The van der Waals surface area contributed by atoms with E-state index in [1.54, 1.807) is 7.11 Å². The molecule has 0 aliphatic carbocycles. The van der Waals surface area contributed by atoms with Crippen molar-refractivity contribution in [2.24, 2.45) is 0 Å². The zero-order valence-corrected chi connectivity index (χ0v) is 15.7. The predicted octanol–water partition coefficient (Wildman–Crippen LogP) is 4.52. The molecule has 0 aliphatic heterocycles. The van der Waals surface area contributed by atoms with Crippen LogP contribution >= 0.6 is 31.9 Å². The van der Waals surface area contributed by atoms with Gasteiger partial charge in [-0.2, -0.15) is 0 Å². The van der Waals surface area contributed by atoms with Crippen molar-refractivity contribution in [2.75, 3.05) is 20.3 Å². The summed E-state index contributed by atoms with van der Waals surface area (Å²) in [6.07, 6.45) is 0.878. The predicted molar refractivity (Wildman–Crippen MR) is 90.4 cm³/mol. The van der Waals surface area contributed by atoms with Gasteiger partial charge in [0, 0.05) is 32.2 Å². The number of ether oxygens (including phenoxy) is 2. The Kier molecular flexibility index (Phi) is 7.51. The minimum Gasteiger partial charge on any atom is -0.491 e. The number of benzene rings is 1. The first-order valence-electron chi connectivity index (χ1n) is 6.68. The molecule has 0 radical (unpaired) electrons. The minimum absolute atomic E-state index is 0.105. The number of nitrogens with one attached hydrogen (secondary N) is 1. The van der Waals surface area contributed by atoms with Crippen LogP contribution in [0.2, 0.25) is 0 Å². The van der Waals surface area contributed by atoms with Crippen LogP contribution in [0.15, 0.2) is 21.1 Å². The minimum atomic E-state index is 0.105. The lowest BCUT2D eigenvalue weighted by molar-refractivity contribution is 0.171. The van der Waals surface area contributed by atoms with E-state index in [1.165, 1.54) is 5.56 Å². The molecule has 0 saturated carbocycles. The maximum absolute atomic E-state index is 5.78. The Balaban J connectivity index is 2.66. The number of halogens is 2. The smallest absolute Gasteiger partial charge is 0.147 e. The SMILES string of the molecule is COCCCOc1c(Br)cc(CNC(C)(C)C)cc1Br. The molecule has 1 aromatic carbocycles. The molecule has 5 heteroatoms. The van der Waals surface area contributed by atoms with E-state index in [0.29, 0.717) is 13.2 Å². The van der Waals surface area contributed by atoms with E-state index >= 15 is 0 Å². The lowest BCUT2D eigenvalue weighted by atomic mass is 10.1. The molecule has 114 valence electrons. The van der Waals surface area contributed by atoms with Gasteiger partial charge in [0.1, 0.15) is 5.75 Å². The zero-order valence-electron chi connectivity index (χ0n) is 12.6. The van der Waals surface area contributed by atoms with Crippen molar-refractivity contribution in [3.63, 3.8) is 0 Å². The monoisotopic (exact) mass is 407 g/mol. The van der Waals surface area contributed by atoms with E-state index < -0.39 is 0 Å². The Hall–Kier alpha value is -0.100. The van der Waals surface area contributed by atoms with Gasteiger partial charge in [-0.1, -0.05) is 0 Å². The first-order chi connectivity index (χ1) is 9.33. The Labute approximate surface area is 138 Å². The van der Waals surface area contributed by atoms with Crippen molar-refractivity contribution in [3.8, 4) is 5.75 Å². The fourth-order valence-corrected chi connectivity index (χ4v) is 3.11. The van der Waals surface area contributed by atoms with Crippen LogP contribution < -0.4 is 10.1 Å². The highest BCUT2D eigenvalue weighted by molar-refractivity contribution is 9.11. The highest BCUT2D eigenvalue weighted by Gasteiger charge is 2.12. The molecule has 20 heavy (non-hydrogen) atoms. The lowest BCUT2D eigenvalue weighted by Crippen LogP contribution is -2.35. The van der Waals surface area contributed by atoms with Crippen molar-refractivity contribution in [1.29, 1.82) is 0 Å². The molecule has 0 aliphatic rings. The van der Waals surface area contributed by atoms with Crippen molar-refractivity contribution >= 4 is 31.9 Å². The summed E-state index contributed by atoms with van der Waals surface area (Å²) in [6, 6.07) is 4.18. The standard InChI is InChI=1S/C15H23Br2NO2/c1-15(2,3)18-10-11-8-12(16)14(13(17)9-11)20-7-5-6-19-4/h8-9,18H,5-7,10H2,1-4H3. The van der Waals surface area contributed by atoms with E-state index in [4.69, 9.17) is 9.47 Å². The van der Waals surface area contributed by atoms with E-state index in [1.807, 2.05) is 0 Å². The van der Waals surface area contributed by atoms with Crippen molar-refractivity contribution in [1.82, 2.24) is 5.32 Å². The van der Waals surface area contributed by atoms with Crippen LogP contribution in [0.5, 0.6) is 5.75 Å². The van der Waals surface area contributed by atoms with Crippen LogP contribution in [0, 0.1) is 0 Å². The Bertz CT molecular complexity index is 407. The summed E-state index contributed by atoms with van der Waals surface area (Å²) in [5, 5.41) is 3.47. The molecule has 0 saturated heterocycles. The van der Waals surface area contributed by atoms with Gasteiger partial charge in [0.2, 0.25) is 0 Å². The van der Waals surface area contributed by atoms with Gasteiger partial charge >= 0.3 is 0 Å². The zero-order chi connectivity index (χ0) is 15.2. The fourth-order valence-electron chi connectivity index (χ4n) is 1.60. The molecule has 0 aromatic heterocycles. The van der Waals surface area contributed by atoms with Gasteiger partial charge in [-0.15, -0.1) is 0 Å². The molecule has 0 spiro atoms. The normalized spacial score (nSPS) is 11.7. The van der Waals surface area contributed by atoms with Gasteiger partial charge in [-0.3, -0.25) is 0 Å². The molecular weight excluding hydrogens is 386 g/mol. The van der Waals surface area contributed by atoms with E-state index in [0.717, 1.165) is 27.7 Å². The highest BCUT2D eigenvalue weighted by atomic mass is 79.9. The molecule has 0 atom stereocenters. The summed E-state index contributed by atoms with van der Waals surface area (Å²) in [7, 11) is 1.70. The summed E-state index contributed by atoms with van der Waals surface area (Å²) in [5.41, 5.74) is 1.32. The summed E-state index contributed by atoms with van der Waals surface area (Å²) >= 11 is 7.15. The second-order valence-corrected chi connectivity index (χ2v) is 7.40. The molecule has 0 fully saturated rings. The Morgan fingerprint density at radius 3 is 2.20 bits per heavy atom. The quantitative estimate of drug-likeness (QED) is 0.673. The molecule has 0 bridgehead atoms. The maximum Gasteiger partial charge on any atom is 0.147 e. The van der Waals surface area contributed by atoms with Crippen molar-refractivity contribution in [3.05, 3.63) is 26.6 Å². The average molecular weight is 409 g/mol. The van der Waals surface area contributed by atoms with E-state index in [2.05, 4.69) is 70.1 Å². The Morgan fingerprint density at radius 2 is 1.70 bits per heavy atom. The molecule has 0 heterocycles. The van der Waals surface area contributed by atoms with Gasteiger partial charge < -0.3 is 14.8 Å². The number of hydrogen-bond acceptors (Lipinski definition) is 3. The van der Waals surface area contributed by atoms with Gasteiger partial charge in [-0.25, -0.2) is 0 Å². The molecule has 1 rings (SSSR count). The van der Waals surface area contributed by atoms with Gasteiger partial charge in [-0.05, 0) is 70.3 Å². The van der Waals surface area contributed by atoms with Crippen LogP contribution in [-0.4, -0.2) is 25.9 Å². The van der Waals surface area contributed by atoms with Crippen LogP contribution in [0.3, 0.4) is 0 Å². The van der Waals surface area contributed by atoms with Crippen LogP contribution in [0.1, 0.15) is 32.8 Å². The third-order valence-corrected chi connectivity index (χ3v) is 3.80. The number of hydrogen-bond donors (Lipinski definition) is 1. The van der Waals surface area contributed by atoms with Crippen molar-refractivity contribution in [2.45, 2.75) is 39.3 Å². The lowest BCUT2D eigenvalue weighted by Gasteiger charge is -2.21. The molecule has 0 unspecified atom stereocenters. The molecule has 0 amide bonds. The molecule has 1 N–H and O–H groups in total. The molecule has 3 nitrogen and oxygen atoms in total. The van der Waals surface area contributed by atoms with Crippen LogP contribution in [0.25, 0.3) is 0 Å². The summed E-state index contributed by atoms with van der Waals surface area (Å²) in [6.45, 7) is 8.65. The Morgan fingerprint density at radius 1 is 1.10 bits per heavy atom. The van der Waals surface area contributed by atoms with Gasteiger partial charge in [0.15, 0.2) is 0 Å². The maximum atomic E-state index is 5.78. The number of methoxy groups -OCH3 is 1. The first-order valence-corrected chi connectivity index (χ1v) is 8.27. The van der Waals surface area contributed by atoms with Crippen LogP contribution in [0.4, 0.5) is 0 Å². The third kappa shape index (κ3) is 6.57. The number of rotatable bonds is 7. The van der Waals surface area contributed by atoms with E-state index in [-0.39, 0.29) is 5.54 Å². The summed E-state index contributed by atoms with van der Waals surface area (Å²) < 4.78 is 12.7. The third-order valence-electron chi connectivity index (χ3n) is 2.62. The summed E-state index contributed by atoms with van der Waals surface area (Å²) in [5.74, 6) is 0.848. The van der Waals surface area contributed by atoms with E-state index in [9.17, 15) is 0 Å². The average Bonchev–Trinajstić information content (AvgIpc) is 2.34. The van der Waals surface area contributed by atoms with Crippen molar-refractivity contribution < 1.29 is 9.47 Å².